The van der Waals surface area contributed by atoms with Gasteiger partial charge in [0.15, 0.2) is 0 Å². The van der Waals surface area contributed by atoms with Crippen LogP contribution >= 0.6 is 11.6 Å². The maximum atomic E-state index is 12.4. The number of amides is 2. The first-order valence-corrected chi connectivity index (χ1v) is 10.9. The normalized spacial score (nSPS) is 16.1. The van der Waals surface area contributed by atoms with Crippen molar-refractivity contribution in [2.45, 2.75) is 70.3 Å². The molecule has 2 rings (SSSR count). The highest BCUT2D eigenvalue weighted by molar-refractivity contribution is 6.30. The maximum Gasteiger partial charge on any atom is 0.317 e. The molecule has 5 heteroatoms. The molecule has 152 valence electrons. The lowest BCUT2D eigenvalue weighted by Gasteiger charge is -2.28. The zero-order valence-corrected chi connectivity index (χ0v) is 17.5. The topological polar surface area (TPSA) is 58.4 Å². The molecule has 0 aliphatic heterocycles. The number of aryl methyl sites for hydroxylation is 1. The smallest absolute Gasteiger partial charge is 0.317 e. The van der Waals surface area contributed by atoms with E-state index in [1.54, 1.807) is 4.90 Å². The molecule has 0 saturated heterocycles. The van der Waals surface area contributed by atoms with Crippen LogP contribution in [0.4, 0.5) is 4.79 Å². The Kier molecular flexibility index (Phi) is 10.00. The van der Waals surface area contributed by atoms with E-state index in [1.165, 1.54) is 37.7 Å². The Hall–Kier alpha value is -1.26. The van der Waals surface area contributed by atoms with Gasteiger partial charge >= 0.3 is 6.03 Å². The van der Waals surface area contributed by atoms with E-state index in [-0.39, 0.29) is 12.1 Å². The van der Waals surface area contributed by atoms with Crippen molar-refractivity contribution in [1.82, 2.24) is 10.2 Å². The molecular formula is C22H36ClN3O. The van der Waals surface area contributed by atoms with Crippen molar-refractivity contribution in [1.29, 1.82) is 0 Å². The van der Waals surface area contributed by atoms with Gasteiger partial charge in [-0.15, -0.1) is 0 Å². The second kappa shape index (κ2) is 12.2. The number of carbonyl (C=O) groups is 1. The Morgan fingerprint density at radius 2 is 2.04 bits per heavy atom. The van der Waals surface area contributed by atoms with Crippen LogP contribution in [0.3, 0.4) is 0 Å². The summed E-state index contributed by atoms with van der Waals surface area (Å²) in [6.45, 7) is 1.30. The van der Waals surface area contributed by atoms with Crippen molar-refractivity contribution in [2.24, 2.45) is 11.7 Å². The van der Waals surface area contributed by atoms with Crippen molar-refractivity contribution in [2.75, 3.05) is 20.1 Å². The minimum Gasteiger partial charge on any atom is -0.334 e. The molecule has 0 radical (unpaired) electrons. The zero-order valence-electron chi connectivity index (χ0n) is 16.8. The third-order valence-electron chi connectivity index (χ3n) is 5.65. The van der Waals surface area contributed by atoms with Crippen LogP contribution in [-0.2, 0) is 6.42 Å². The van der Waals surface area contributed by atoms with E-state index in [2.05, 4.69) is 11.4 Å². The number of carbonyl (C=O) groups excluding carboxylic acids is 1. The molecule has 1 aromatic rings. The molecule has 0 aromatic heterocycles. The lowest BCUT2D eigenvalue weighted by Crippen LogP contribution is -2.47. The fraction of sp³-hybridized carbons (Fsp3) is 0.682. The highest BCUT2D eigenvalue weighted by Gasteiger charge is 2.20. The lowest BCUT2D eigenvalue weighted by atomic mass is 9.85. The van der Waals surface area contributed by atoms with Crippen LogP contribution in [0.25, 0.3) is 0 Å². The molecule has 2 amide bonds. The van der Waals surface area contributed by atoms with Gasteiger partial charge in [0.1, 0.15) is 0 Å². The highest BCUT2D eigenvalue weighted by atomic mass is 35.5. The van der Waals surface area contributed by atoms with Gasteiger partial charge in [-0.2, -0.15) is 0 Å². The molecule has 0 bridgehead atoms. The van der Waals surface area contributed by atoms with E-state index in [1.807, 2.05) is 25.2 Å². The number of hydrogen-bond donors (Lipinski definition) is 2. The van der Waals surface area contributed by atoms with Gasteiger partial charge in [0.25, 0.3) is 0 Å². The average molecular weight is 394 g/mol. The van der Waals surface area contributed by atoms with E-state index >= 15 is 0 Å². The van der Waals surface area contributed by atoms with Gasteiger partial charge in [0.2, 0.25) is 0 Å². The number of benzene rings is 1. The predicted octanol–water partition coefficient (Wildman–Crippen LogP) is 4.99. The summed E-state index contributed by atoms with van der Waals surface area (Å²) in [5.41, 5.74) is 7.18. The van der Waals surface area contributed by atoms with Crippen LogP contribution in [0.2, 0.25) is 5.02 Å². The summed E-state index contributed by atoms with van der Waals surface area (Å²) < 4.78 is 0. The fourth-order valence-electron chi connectivity index (χ4n) is 3.97. The molecule has 0 spiro atoms. The van der Waals surface area contributed by atoms with Crippen LogP contribution in [0.15, 0.2) is 24.3 Å². The van der Waals surface area contributed by atoms with E-state index < -0.39 is 0 Å². The van der Waals surface area contributed by atoms with Gasteiger partial charge in [-0.3, -0.25) is 0 Å². The van der Waals surface area contributed by atoms with Crippen LogP contribution in [0.5, 0.6) is 0 Å². The number of hydrogen-bond acceptors (Lipinski definition) is 2. The summed E-state index contributed by atoms with van der Waals surface area (Å²) in [6.07, 6.45) is 11.9. The third kappa shape index (κ3) is 8.52. The monoisotopic (exact) mass is 393 g/mol. The van der Waals surface area contributed by atoms with Crippen LogP contribution < -0.4 is 11.1 Å². The first kappa shape index (κ1) is 22.0. The Balaban J connectivity index is 1.60. The maximum absolute atomic E-state index is 12.4. The van der Waals surface area contributed by atoms with Gasteiger partial charge in [-0.05, 0) is 49.3 Å². The number of rotatable bonds is 10. The second-order valence-electron chi connectivity index (χ2n) is 7.98. The second-order valence-corrected chi connectivity index (χ2v) is 8.42. The van der Waals surface area contributed by atoms with Crippen molar-refractivity contribution in [3.05, 3.63) is 34.9 Å². The molecule has 0 heterocycles. The summed E-state index contributed by atoms with van der Waals surface area (Å²) in [6, 6.07) is 8.16. The van der Waals surface area contributed by atoms with Crippen molar-refractivity contribution in [3.8, 4) is 0 Å². The number of unbranched alkanes of at least 4 members (excludes halogenated alkanes) is 2. The highest BCUT2D eigenvalue weighted by Crippen LogP contribution is 2.27. The Morgan fingerprint density at radius 3 is 2.74 bits per heavy atom. The minimum absolute atomic E-state index is 0.0103. The Bertz CT molecular complexity index is 560. The fourth-order valence-corrected chi connectivity index (χ4v) is 4.19. The van der Waals surface area contributed by atoms with Crippen molar-refractivity contribution < 1.29 is 4.79 Å². The molecule has 1 saturated carbocycles. The summed E-state index contributed by atoms with van der Waals surface area (Å²) in [5, 5.41) is 3.93. The molecule has 1 atom stereocenters. The van der Waals surface area contributed by atoms with Crippen molar-refractivity contribution >= 4 is 17.6 Å². The zero-order chi connectivity index (χ0) is 19.5. The van der Waals surface area contributed by atoms with E-state index in [4.69, 9.17) is 17.3 Å². The first-order valence-electron chi connectivity index (χ1n) is 10.5. The molecule has 3 N–H and O–H groups in total. The molecule has 4 nitrogen and oxygen atoms in total. The molecular weight excluding hydrogens is 358 g/mol. The molecule has 1 aliphatic rings. The van der Waals surface area contributed by atoms with Crippen LogP contribution in [0, 0.1) is 5.92 Å². The molecule has 1 fully saturated rings. The quantitative estimate of drug-likeness (QED) is 0.550. The number of nitrogens with one attached hydrogen (secondary N) is 1. The van der Waals surface area contributed by atoms with Gasteiger partial charge in [-0.25, -0.2) is 4.79 Å². The molecule has 0 unspecified atom stereocenters. The van der Waals surface area contributed by atoms with Gasteiger partial charge in [-0.1, -0.05) is 62.3 Å². The summed E-state index contributed by atoms with van der Waals surface area (Å²) in [4.78, 5) is 14.2. The van der Waals surface area contributed by atoms with Gasteiger partial charge in [0.05, 0.1) is 0 Å². The van der Waals surface area contributed by atoms with E-state index in [0.29, 0.717) is 6.54 Å². The van der Waals surface area contributed by atoms with Gasteiger partial charge in [0, 0.05) is 31.2 Å². The number of halogens is 1. The molecule has 27 heavy (non-hydrogen) atoms. The largest absolute Gasteiger partial charge is 0.334 e. The van der Waals surface area contributed by atoms with Crippen LogP contribution in [0.1, 0.15) is 63.4 Å². The average Bonchev–Trinajstić information content (AvgIpc) is 2.67. The minimum atomic E-state index is 0.0103. The molecule has 1 aliphatic carbocycles. The Labute approximate surface area is 169 Å². The third-order valence-corrected chi connectivity index (χ3v) is 5.88. The van der Waals surface area contributed by atoms with Crippen LogP contribution in [-0.4, -0.2) is 37.1 Å². The summed E-state index contributed by atoms with van der Waals surface area (Å²) in [7, 11) is 1.88. The SMILES string of the molecule is CN(CCCCCc1cccc(Cl)c1)C(=O)N[C@H](CN)CC1CCCCC1. The number of nitrogens with zero attached hydrogens (tertiary/aromatic N) is 1. The summed E-state index contributed by atoms with van der Waals surface area (Å²) >= 11 is 6.02. The van der Waals surface area contributed by atoms with Crippen molar-refractivity contribution in [3.63, 3.8) is 0 Å². The Morgan fingerprint density at radius 1 is 1.26 bits per heavy atom. The van der Waals surface area contributed by atoms with E-state index in [0.717, 1.165) is 49.6 Å². The lowest BCUT2D eigenvalue weighted by molar-refractivity contribution is 0.199. The van der Waals surface area contributed by atoms with E-state index in [9.17, 15) is 4.79 Å². The van der Waals surface area contributed by atoms with Gasteiger partial charge < -0.3 is 16.0 Å². The molecule has 1 aromatic carbocycles. The standard InChI is InChI=1S/C22H36ClN3O/c1-26(14-7-3-6-9-18-12-8-13-20(23)15-18)22(27)25-21(17-24)16-19-10-4-2-5-11-19/h8,12-13,15,19,21H,2-7,9-11,14,16-17,24H2,1H3,(H,25,27)/t21-/m0/s1. The first-order chi connectivity index (χ1) is 13.1. The predicted molar refractivity (Wildman–Crippen MR) is 114 cm³/mol. The summed E-state index contributed by atoms with van der Waals surface area (Å²) in [5.74, 6) is 0.726. The number of urea groups is 1. The number of nitrogens with two attached hydrogens (primary N) is 1.